The molecule has 0 radical (unpaired) electrons. The highest BCUT2D eigenvalue weighted by Gasteiger charge is 2.19. The number of rotatable bonds is 4. The third-order valence-electron chi connectivity index (χ3n) is 4.20. The molecule has 146 valence electrons. The fourth-order valence-electron chi connectivity index (χ4n) is 2.94. The van der Waals surface area contributed by atoms with Crippen LogP contribution < -0.4 is 10.1 Å². The average molecular weight is 434 g/mol. The van der Waals surface area contributed by atoms with Crippen LogP contribution in [0.2, 0.25) is 10.0 Å². The number of amides is 1. The van der Waals surface area contributed by atoms with E-state index in [4.69, 9.17) is 23.2 Å². The number of pyridine rings is 2. The molecule has 2 aromatic heterocycles. The lowest BCUT2D eigenvalue weighted by atomic mass is 10.0. The Balaban J connectivity index is 1.87. The lowest BCUT2D eigenvalue weighted by molar-refractivity contribution is -0.0489. The highest BCUT2D eigenvalue weighted by atomic mass is 35.5. The molecule has 0 bridgehead atoms. The van der Waals surface area contributed by atoms with Crippen LogP contribution in [0, 0.1) is 0 Å². The lowest BCUT2D eigenvalue weighted by Crippen LogP contribution is -2.14. The summed E-state index contributed by atoms with van der Waals surface area (Å²) in [7, 11) is 0. The monoisotopic (exact) mass is 433 g/mol. The van der Waals surface area contributed by atoms with E-state index in [9.17, 15) is 13.6 Å². The maximum Gasteiger partial charge on any atom is 0.387 e. The summed E-state index contributed by atoms with van der Waals surface area (Å²) >= 11 is 12.1. The van der Waals surface area contributed by atoms with Crippen molar-refractivity contribution in [1.82, 2.24) is 9.97 Å². The molecule has 0 aliphatic rings. The summed E-state index contributed by atoms with van der Waals surface area (Å²) in [4.78, 5) is 21.2. The van der Waals surface area contributed by atoms with E-state index in [0.717, 1.165) is 5.39 Å². The Morgan fingerprint density at radius 1 is 1.07 bits per heavy atom. The van der Waals surface area contributed by atoms with Gasteiger partial charge in [0.1, 0.15) is 5.52 Å². The number of halogens is 4. The fourth-order valence-corrected chi connectivity index (χ4v) is 3.40. The number of alkyl halides is 2. The second kappa shape index (κ2) is 7.77. The molecule has 0 saturated heterocycles. The number of para-hydroxylation sites is 1. The van der Waals surface area contributed by atoms with Gasteiger partial charge in [0.05, 0.1) is 21.2 Å². The third-order valence-corrected chi connectivity index (χ3v) is 4.77. The van der Waals surface area contributed by atoms with Crippen LogP contribution in [-0.2, 0) is 0 Å². The van der Waals surface area contributed by atoms with Crippen LogP contribution in [0.3, 0.4) is 0 Å². The van der Waals surface area contributed by atoms with Crippen LogP contribution in [0.5, 0.6) is 5.75 Å². The van der Waals surface area contributed by atoms with Crippen molar-refractivity contribution in [3.8, 4) is 5.75 Å². The Morgan fingerprint density at radius 3 is 2.52 bits per heavy atom. The number of nitrogens with zero attached hydrogens (tertiary/aromatic N) is 2. The lowest BCUT2D eigenvalue weighted by Gasteiger charge is -2.13. The summed E-state index contributed by atoms with van der Waals surface area (Å²) in [5.41, 5.74) is 1.12. The number of hydrogen-bond acceptors (Lipinski definition) is 4. The molecule has 1 N–H and O–H groups in total. The van der Waals surface area contributed by atoms with Crippen molar-refractivity contribution in [2.45, 2.75) is 6.61 Å². The Labute approximate surface area is 173 Å². The summed E-state index contributed by atoms with van der Waals surface area (Å²) in [5, 5.41) is 4.05. The van der Waals surface area contributed by atoms with Crippen LogP contribution in [0.25, 0.3) is 21.8 Å². The number of hydrogen-bond donors (Lipinski definition) is 1. The summed E-state index contributed by atoms with van der Waals surface area (Å²) < 4.78 is 30.3. The molecule has 4 rings (SSSR count). The first-order valence-electron chi connectivity index (χ1n) is 8.31. The van der Waals surface area contributed by atoms with E-state index in [2.05, 4.69) is 20.0 Å². The van der Waals surface area contributed by atoms with Gasteiger partial charge in [-0.15, -0.1) is 0 Å². The summed E-state index contributed by atoms with van der Waals surface area (Å²) in [6.07, 6.45) is 2.69. The van der Waals surface area contributed by atoms with Crippen molar-refractivity contribution < 1.29 is 18.3 Å². The maximum atomic E-state index is 12.9. The minimum atomic E-state index is -3.03. The molecule has 0 unspecified atom stereocenters. The number of benzene rings is 2. The van der Waals surface area contributed by atoms with Crippen LogP contribution in [-0.4, -0.2) is 22.5 Å². The van der Waals surface area contributed by atoms with Crippen molar-refractivity contribution in [3.63, 3.8) is 0 Å². The second-order valence-corrected chi connectivity index (χ2v) is 6.81. The molecule has 1 amide bonds. The molecule has 0 aliphatic heterocycles. The highest BCUT2D eigenvalue weighted by molar-refractivity contribution is 6.39. The van der Waals surface area contributed by atoms with E-state index in [-0.39, 0.29) is 32.6 Å². The zero-order valence-corrected chi connectivity index (χ0v) is 16.0. The second-order valence-electron chi connectivity index (χ2n) is 6.00. The molecule has 0 saturated carbocycles. The molecule has 0 spiro atoms. The smallest absolute Gasteiger partial charge is 0.387 e. The quantitative estimate of drug-likeness (QED) is 0.404. The van der Waals surface area contributed by atoms with Gasteiger partial charge in [-0.1, -0.05) is 41.4 Å². The van der Waals surface area contributed by atoms with E-state index < -0.39 is 12.5 Å². The Morgan fingerprint density at radius 2 is 1.79 bits per heavy atom. The zero-order valence-electron chi connectivity index (χ0n) is 14.5. The van der Waals surface area contributed by atoms with Gasteiger partial charge < -0.3 is 10.1 Å². The zero-order chi connectivity index (χ0) is 20.5. The van der Waals surface area contributed by atoms with Gasteiger partial charge >= 0.3 is 6.61 Å². The van der Waals surface area contributed by atoms with Gasteiger partial charge in [-0.2, -0.15) is 8.78 Å². The number of aromatic nitrogens is 2. The van der Waals surface area contributed by atoms with Crippen molar-refractivity contribution in [2.24, 2.45) is 0 Å². The minimum Gasteiger partial charge on any atom is -0.432 e. The van der Waals surface area contributed by atoms with Gasteiger partial charge in [0.15, 0.2) is 5.75 Å². The molecule has 2 aromatic carbocycles. The molecular weight excluding hydrogens is 423 g/mol. The van der Waals surface area contributed by atoms with Crippen LogP contribution >= 0.6 is 23.2 Å². The summed E-state index contributed by atoms with van der Waals surface area (Å²) in [6.45, 7) is -3.03. The van der Waals surface area contributed by atoms with Crippen LogP contribution in [0.15, 0.2) is 54.9 Å². The average Bonchev–Trinajstić information content (AvgIpc) is 2.69. The van der Waals surface area contributed by atoms with Crippen molar-refractivity contribution in [3.05, 3.63) is 70.5 Å². The van der Waals surface area contributed by atoms with Crippen LogP contribution in [0.1, 0.15) is 10.4 Å². The Kier molecular flexibility index (Phi) is 5.17. The molecular formula is C20H11Cl2F2N3O2. The predicted molar refractivity (Wildman–Crippen MR) is 108 cm³/mol. The Hall–Kier alpha value is -3.03. The highest BCUT2D eigenvalue weighted by Crippen LogP contribution is 2.33. The van der Waals surface area contributed by atoms with Gasteiger partial charge in [-0.25, -0.2) is 4.98 Å². The topological polar surface area (TPSA) is 64.1 Å². The minimum absolute atomic E-state index is 0.128. The fraction of sp³-hybridized carbons (Fsp3) is 0.0500. The molecule has 0 fully saturated rings. The van der Waals surface area contributed by atoms with Crippen molar-refractivity contribution >= 4 is 56.6 Å². The van der Waals surface area contributed by atoms with Gasteiger partial charge in [0, 0.05) is 28.7 Å². The predicted octanol–water partition coefficient (Wildman–Crippen LogP) is 5.94. The molecule has 29 heavy (non-hydrogen) atoms. The van der Waals surface area contributed by atoms with Crippen molar-refractivity contribution in [1.29, 1.82) is 0 Å². The standard InChI is InChI=1S/C20H11Cl2F2N3O2/c21-13-8-25-9-14(22)18(13)27-19(28)11-5-6-16(29-20(23)24)17-12(11)7-10-3-1-2-4-15(10)26-17/h1-9,20H,(H,25,27,28). The van der Waals surface area contributed by atoms with Gasteiger partial charge in [-0.05, 0) is 24.3 Å². The number of ether oxygens (including phenoxy) is 1. The summed E-state index contributed by atoms with van der Waals surface area (Å²) in [6, 6.07) is 11.5. The number of carbonyl (C=O) groups excluding carboxylic acids is 1. The number of fused-ring (bicyclic) bond motifs is 2. The first-order chi connectivity index (χ1) is 13.9. The van der Waals surface area contributed by atoms with E-state index in [0.29, 0.717) is 10.9 Å². The molecule has 0 aliphatic carbocycles. The molecule has 0 atom stereocenters. The molecule has 9 heteroatoms. The number of anilines is 1. The molecule has 2 heterocycles. The maximum absolute atomic E-state index is 12.9. The van der Waals surface area contributed by atoms with E-state index in [1.54, 1.807) is 24.3 Å². The first kappa shape index (κ1) is 19.3. The summed E-state index contributed by atoms with van der Waals surface area (Å²) in [5.74, 6) is -0.664. The van der Waals surface area contributed by atoms with Crippen LogP contribution in [0.4, 0.5) is 14.5 Å². The van der Waals surface area contributed by atoms with E-state index in [1.807, 2.05) is 6.07 Å². The van der Waals surface area contributed by atoms with Gasteiger partial charge in [0.2, 0.25) is 0 Å². The van der Waals surface area contributed by atoms with E-state index in [1.165, 1.54) is 24.5 Å². The molecule has 5 nitrogen and oxygen atoms in total. The SMILES string of the molecule is O=C(Nc1c(Cl)cncc1Cl)c1ccc(OC(F)F)c2nc3ccccc3cc12. The first-order valence-corrected chi connectivity index (χ1v) is 9.07. The van der Waals surface area contributed by atoms with Gasteiger partial charge in [0.25, 0.3) is 5.91 Å². The largest absolute Gasteiger partial charge is 0.432 e. The third kappa shape index (κ3) is 3.79. The number of nitrogens with one attached hydrogen (secondary N) is 1. The Bertz CT molecular complexity index is 1230. The normalized spacial score (nSPS) is 11.2. The van der Waals surface area contributed by atoms with E-state index >= 15 is 0 Å². The molecule has 4 aromatic rings. The van der Waals surface area contributed by atoms with Gasteiger partial charge in [-0.3, -0.25) is 9.78 Å². The van der Waals surface area contributed by atoms with Crippen molar-refractivity contribution in [2.75, 3.05) is 5.32 Å². The number of carbonyl (C=O) groups is 1.